The number of amides is 2. The fourth-order valence-electron chi connectivity index (χ4n) is 4.88. The fourth-order valence-corrected chi connectivity index (χ4v) is 4.88. The van der Waals surface area contributed by atoms with Gasteiger partial charge in [-0.15, -0.1) is 0 Å². The van der Waals surface area contributed by atoms with Gasteiger partial charge in [0.15, 0.2) is 11.5 Å². The van der Waals surface area contributed by atoms with Gasteiger partial charge in [-0.25, -0.2) is 0 Å². The summed E-state index contributed by atoms with van der Waals surface area (Å²) in [5.74, 6) is 1.21. The second-order valence-corrected chi connectivity index (χ2v) is 9.54. The number of aromatic nitrogens is 1. The molecule has 2 aromatic heterocycles. The number of carbonyl (C=O) groups excluding carboxylic acids is 2. The van der Waals surface area contributed by atoms with Gasteiger partial charge in [-0.1, -0.05) is 17.3 Å². The predicted octanol–water partition coefficient (Wildman–Crippen LogP) is 5.32. The van der Waals surface area contributed by atoms with Gasteiger partial charge in [0.25, 0.3) is 11.8 Å². The molecule has 41 heavy (non-hydrogen) atoms. The molecular weight excluding hydrogens is 524 g/mol. The zero-order chi connectivity index (χ0) is 28.3. The number of hydrogen-bond donors (Lipinski definition) is 1. The SMILES string of the molecule is COc1ccc(-c2cc(C(=O)Nc3c(C(=O)N4CCN(c5ccc(OC)cc5)CC4)oc4ccccc34)no2)cc1. The summed E-state index contributed by atoms with van der Waals surface area (Å²) in [5.41, 5.74) is 2.70. The normalized spacial score (nSPS) is 13.3. The molecule has 1 aliphatic rings. The van der Waals surface area contributed by atoms with Crippen LogP contribution in [0.4, 0.5) is 11.4 Å². The number of nitrogens with one attached hydrogen (secondary N) is 1. The summed E-state index contributed by atoms with van der Waals surface area (Å²) in [5, 5.41) is 7.43. The Kier molecular flexibility index (Phi) is 7.03. The van der Waals surface area contributed by atoms with Crippen LogP contribution in [0.15, 0.2) is 87.8 Å². The highest BCUT2D eigenvalue weighted by Gasteiger charge is 2.29. The lowest BCUT2D eigenvalue weighted by molar-refractivity contribution is 0.0718. The Morgan fingerprint density at radius 1 is 0.854 bits per heavy atom. The van der Waals surface area contributed by atoms with E-state index in [0.29, 0.717) is 54.3 Å². The lowest BCUT2D eigenvalue weighted by Crippen LogP contribution is -2.48. The maximum atomic E-state index is 13.7. The van der Waals surface area contributed by atoms with Crippen LogP contribution in [0.2, 0.25) is 0 Å². The number of nitrogens with zero attached hydrogens (tertiary/aromatic N) is 3. The zero-order valence-corrected chi connectivity index (χ0v) is 22.6. The Morgan fingerprint density at radius 3 is 2.20 bits per heavy atom. The van der Waals surface area contributed by atoms with Gasteiger partial charge in [0.05, 0.1) is 14.2 Å². The Bertz CT molecular complexity index is 1680. The van der Waals surface area contributed by atoms with Gasteiger partial charge in [-0.2, -0.15) is 0 Å². The van der Waals surface area contributed by atoms with Gasteiger partial charge in [0, 0.05) is 48.9 Å². The molecule has 1 fully saturated rings. The van der Waals surface area contributed by atoms with Crippen molar-refractivity contribution in [2.45, 2.75) is 0 Å². The van der Waals surface area contributed by atoms with Crippen molar-refractivity contribution in [3.8, 4) is 22.8 Å². The van der Waals surface area contributed by atoms with Crippen LogP contribution in [0, 0.1) is 0 Å². The first-order valence-electron chi connectivity index (χ1n) is 13.2. The van der Waals surface area contributed by atoms with Crippen LogP contribution in [-0.2, 0) is 0 Å². The molecule has 1 N–H and O–H groups in total. The first-order chi connectivity index (χ1) is 20.0. The van der Waals surface area contributed by atoms with Crippen LogP contribution in [0.3, 0.4) is 0 Å². The number of hydrogen-bond acceptors (Lipinski definition) is 8. The summed E-state index contributed by atoms with van der Waals surface area (Å²) in [6.45, 7) is 2.33. The van der Waals surface area contributed by atoms with E-state index in [0.717, 1.165) is 17.0 Å². The van der Waals surface area contributed by atoms with Gasteiger partial charge in [0.2, 0.25) is 5.76 Å². The number of para-hydroxylation sites is 1. The third-order valence-corrected chi connectivity index (χ3v) is 7.15. The highest BCUT2D eigenvalue weighted by Crippen LogP contribution is 2.33. The predicted molar refractivity (Wildman–Crippen MR) is 154 cm³/mol. The summed E-state index contributed by atoms with van der Waals surface area (Å²) in [7, 11) is 3.23. The third-order valence-electron chi connectivity index (χ3n) is 7.15. The summed E-state index contributed by atoms with van der Waals surface area (Å²) in [6, 6.07) is 23.8. The van der Waals surface area contributed by atoms with Crippen LogP contribution < -0.4 is 19.7 Å². The van der Waals surface area contributed by atoms with E-state index in [4.69, 9.17) is 18.4 Å². The number of ether oxygens (including phenoxy) is 2. The molecule has 0 spiro atoms. The minimum Gasteiger partial charge on any atom is -0.497 e. The smallest absolute Gasteiger partial charge is 0.291 e. The number of rotatable bonds is 7. The van der Waals surface area contributed by atoms with Crippen molar-refractivity contribution >= 4 is 34.2 Å². The molecule has 0 radical (unpaired) electrons. The van der Waals surface area contributed by atoms with Crippen molar-refractivity contribution in [3.05, 3.63) is 90.3 Å². The third kappa shape index (κ3) is 5.19. The minimum atomic E-state index is -0.515. The first-order valence-corrected chi connectivity index (χ1v) is 13.2. The Labute approximate surface area is 236 Å². The molecule has 3 heterocycles. The van der Waals surface area contributed by atoms with E-state index in [1.807, 2.05) is 48.5 Å². The Morgan fingerprint density at radius 2 is 1.51 bits per heavy atom. The van der Waals surface area contributed by atoms with Gasteiger partial charge in [0.1, 0.15) is 22.8 Å². The largest absolute Gasteiger partial charge is 0.497 e. The van der Waals surface area contributed by atoms with Gasteiger partial charge >= 0.3 is 0 Å². The first kappa shape index (κ1) is 26.0. The van der Waals surface area contributed by atoms with Crippen LogP contribution in [-0.4, -0.2) is 62.3 Å². The highest BCUT2D eigenvalue weighted by atomic mass is 16.5. The van der Waals surface area contributed by atoms with E-state index in [1.54, 1.807) is 49.5 Å². The second-order valence-electron chi connectivity index (χ2n) is 9.54. The van der Waals surface area contributed by atoms with Crippen LogP contribution >= 0.6 is 0 Å². The average Bonchev–Trinajstić information content (AvgIpc) is 3.67. The standard InChI is InChI=1S/C31H28N4O6/c1-38-22-11-7-20(8-12-22)27-19-25(33-41-27)30(36)32-28-24-5-3-4-6-26(24)40-29(28)31(37)35-17-15-34(16-18-35)21-9-13-23(39-2)14-10-21/h3-14,19H,15-18H2,1-2H3,(H,32,36). The minimum absolute atomic E-state index is 0.0765. The molecule has 5 aromatic rings. The van der Waals surface area contributed by atoms with Gasteiger partial charge < -0.3 is 33.5 Å². The molecule has 10 heteroatoms. The van der Waals surface area contributed by atoms with Crippen molar-refractivity contribution in [1.82, 2.24) is 10.1 Å². The number of methoxy groups -OCH3 is 2. The van der Waals surface area contributed by atoms with Crippen molar-refractivity contribution in [2.75, 3.05) is 50.6 Å². The zero-order valence-electron chi connectivity index (χ0n) is 22.6. The molecule has 0 atom stereocenters. The highest BCUT2D eigenvalue weighted by molar-refractivity contribution is 6.14. The molecule has 1 saturated heterocycles. The van der Waals surface area contributed by atoms with E-state index in [1.165, 1.54) is 0 Å². The molecule has 3 aromatic carbocycles. The maximum Gasteiger partial charge on any atom is 0.291 e. The van der Waals surface area contributed by atoms with E-state index in [9.17, 15) is 9.59 Å². The molecule has 0 bridgehead atoms. The number of anilines is 2. The monoisotopic (exact) mass is 552 g/mol. The van der Waals surface area contributed by atoms with Gasteiger partial charge in [-0.05, 0) is 60.7 Å². The summed E-state index contributed by atoms with van der Waals surface area (Å²) in [4.78, 5) is 30.9. The van der Waals surface area contributed by atoms with E-state index in [-0.39, 0.29) is 17.4 Å². The molecule has 2 amide bonds. The van der Waals surface area contributed by atoms with Crippen LogP contribution in [0.5, 0.6) is 11.5 Å². The molecule has 10 nitrogen and oxygen atoms in total. The lowest BCUT2D eigenvalue weighted by Gasteiger charge is -2.35. The molecule has 0 aliphatic carbocycles. The van der Waals surface area contributed by atoms with Crippen molar-refractivity contribution in [1.29, 1.82) is 0 Å². The number of benzene rings is 3. The van der Waals surface area contributed by atoms with E-state index < -0.39 is 5.91 Å². The molecule has 0 unspecified atom stereocenters. The van der Waals surface area contributed by atoms with Crippen LogP contribution in [0.1, 0.15) is 21.0 Å². The molecule has 1 aliphatic heterocycles. The fraction of sp³-hybridized carbons (Fsp3) is 0.194. The van der Waals surface area contributed by atoms with Crippen molar-refractivity contribution in [2.24, 2.45) is 0 Å². The van der Waals surface area contributed by atoms with Gasteiger partial charge in [-0.3, -0.25) is 9.59 Å². The second kappa shape index (κ2) is 11.1. The van der Waals surface area contributed by atoms with E-state index >= 15 is 0 Å². The molecule has 208 valence electrons. The summed E-state index contributed by atoms with van der Waals surface area (Å²) >= 11 is 0. The molecule has 0 saturated carbocycles. The molecular formula is C31H28N4O6. The summed E-state index contributed by atoms with van der Waals surface area (Å²) < 4.78 is 21.9. The molecule has 6 rings (SSSR count). The number of fused-ring (bicyclic) bond motifs is 1. The quantitative estimate of drug-likeness (QED) is 0.289. The van der Waals surface area contributed by atoms with Crippen molar-refractivity contribution in [3.63, 3.8) is 0 Å². The summed E-state index contributed by atoms with van der Waals surface area (Å²) in [6.07, 6.45) is 0. The Hall–Kier alpha value is -5.25. The van der Waals surface area contributed by atoms with Crippen molar-refractivity contribution < 1.29 is 28.0 Å². The number of piperazine rings is 1. The number of carbonyl (C=O) groups is 2. The topological polar surface area (TPSA) is 110 Å². The van der Waals surface area contributed by atoms with Crippen LogP contribution in [0.25, 0.3) is 22.3 Å². The maximum absolute atomic E-state index is 13.7. The lowest BCUT2D eigenvalue weighted by atomic mass is 10.1. The van der Waals surface area contributed by atoms with E-state index in [2.05, 4.69) is 15.4 Å². The Balaban J connectivity index is 1.20. The average molecular weight is 553 g/mol. The number of furan rings is 1.